The van der Waals surface area contributed by atoms with E-state index in [9.17, 15) is 4.79 Å². The molecule has 0 radical (unpaired) electrons. The fraction of sp³-hybridized carbons (Fsp3) is 0.417. The van der Waals surface area contributed by atoms with E-state index in [0.717, 1.165) is 19.5 Å². The zero-order valence-corrected chi connectivity index (χ0v) is 10.4. The van der Waals surface area contributed by atoms with E-state index >= 15 is 0 Å². The summed E-state index contributed by atoms with van der Waals surface area (Å²) in [5.74, 6) is 0.399. The number of benzene rings is 1. The maximum absolute atomic E-state index is 12.1. The van der Waals surface area contributed by atoms with Crippen molar-refractivity contribution in [3.05, 3.63) is 28.8 Å². The Labute approximate surface area is 105 Å². The molecule has 1 aliphatic rings. The van der Waals surface area contributed by atoms with Gasteiger partial charge in [-0.3, -0.25) is 4.79 Å². The van der Waals surface area contributed by atoms with Gasteiger partial charge in [0.05, 0.1) is 12.7 Å². The minimum atomic E-state index is -0.141. The van der Waals surface area contributed by atoms with Crippen LogP contribution in [-0.4, -0.2) is 32.1 Å². The van der Waals surface area contributed by atoms with Crippen LogP contribution in [0.15, 0.2) is 18.2 Å². The minimum Gasteiger partial charge on any atom is -0.496 e. The average molecular weight is 255 g/mol. The van der Waals surface area contributed by atoms with Crippen LogP contribution in [-0.2, 0) is 0 Å². The molecular formula is C12H15ClN2O2. The Balaban J connectivity index is 2.14. The molecule has 0 aliphatic carbocycles. The van der Waals surface area contributed by atoms with Crippen LogP contribution in [0.1, 0.15) is 16.8 Å². The summed E-state index contributed by atoms with van der Waals surface area (Å²) < 4.78 is 5.15. The van der Waals surface area contributed by atoms with Gasteiger partial charge in [0.2, 0.25) is 0 Å². The van der Waals surface area contributed by atoms with Gasteiger partial charge in [-0.25, -0.2) is 0 Å². The second-order valence-corrected chi connectivity index (χ2v) is 4.44. The Morgan fingerprint density at radius 2 is 2.41 bits per heavy atom. The summed E-state index contributed by atoms with van der Waals surface area (Å²) in [6.45, 7) is 1.76. The lowest BCUT2D eigenvalue weighted by atomic mass is 10.1. The van der Waals surface area contributed by atoms with Gasteiger partial charge in [0.15, 0.2) is 0 Å². The van der Waals surface area contributed by atoms with Crippen molar-refractivity contribution in [2.24, 2.45) is 0 Å². The number of carbonyl (C=O) groups is 1. The third-order valence-corrected chi connectivity index (χ3v) is 3.04. The highest BCUT2D eigenvalue weighted by atomic mass is 35.5. The van der Waals surface area contributed by atoms with E-state index in [-0.39, 0.29) is 11.9 Å². The first-order valence-electron chi connectivity index (χ1n) is 5.56. The van der Waals surface area contributed by atoms with Gasteiger partial charge in [-0.2, -0.15) is 0 Å². The first-order chi connectivity index (χ1) is 8.20. The van der Waals surface area contributed by atoms with Crippen LogP contribution in [0.4, 0.5) is 0 Å². The number of hydrogen-bond donors (Lipinski definition) is 2. The largest absolute Gasteiger partial charge is 0.496 e. The molecule has 1 aromatic carbocycles. The molecule has 17 heavy (non-hydrogen) atoms. The second kappa shape index (κ2) is 5.38. The van der Waals surface area contributed by atoms with E-state index in [2.05, 4.69) is 10.6 Å². The number of hydrogen-bond acceptors (Lipinski definition) is 3. The van der Waals surface area contributed by atoms with Gasteiger partial charge in [0.1, 0.15) is 5.75 Å². The van der Waals surface area contributed by atoms with E-state index < -0.39 is 0 Å². The van der Waals surface area contributed by atoms with E-state index in [1.807, 2.05) is 0 Å². The molecule has 0 spiro atoms. The Morgan fingerprint density at radius 1 is 1.59 bits per heavy atom. The molecule has 5 heteroatoms. The number of rotatable bonds is 3. The predicted octanol–water partition coefficient (Wildman–Crippen LogP) is 1.44. The van der Waals surface area contributed by atoms with Gasteiger partial charge < -0.3 is 15.4 Å². The first kappa shape index (κ1) is 12.2. The van der Waals surface area contributed by atoms with E-state index in [1.54, 1.807) is 18.2 Å². The molecule has 1 unspecified atom stereocenters. The summed E-state index contributed by atoms with van der Waals surface area (Å²) in [6.07, 6.45) is 0.953. The van der Waals surface area contributed by atoms with Crippen LogP contribution in [0.25, 0.3) is 0 Å². The van der Waals surface area contributed by atoms with Gasteiger partial charge in [-0.05, 0) is 31.2 Å². The Morgan fingerprint density at radius 3 is 3.06 bits per heavy atom. The van der Waals surface area contributed by atoms with E-state index in [1.165, 1.54) is 7.11 Å². The predicted molar refractivity (Wildman–Crippen MR) is 66.7 cm³/mol. The molecule has 1 saturated heterocycles. The van der Waals surface area contributed by atoms with Crippen LogP contribution in [0, 0.1) is 0 Å². The van der Waals surface area contributed by atoms with Crippen LogP contribution < -0.4 is 15.4 Å². The van der Waals surface area contributed by atoms with Crippen molar-refractivity contribution < 1.29 is 9.53 Å². The lowest BCUT2D eigenvalue weighted by Gasteiger charge is -2.13. The molecule has 1 amide bonds. The molecular weight excluding hydrogens is 240 g/mol. The van der Waals surface area contributed by atoms with Crippen LogP contribution in [0.3, 0.4) is 0 Å². The van der Waals surface area contributed by atoms with Crippen molar-refractivity contribution in [2.45, 2.75) is 12.5 Å². The van der Waals surface area contributed by atoms with Crippen LogP contribution >= 0.6 is 11.6 Å². The molecule has 0 saturated carbocycles. The van der Waals surface area contributed by atoms with Gasteiger partial charge in [0, 0.05) is 17.6 Å². The van der Waals surface area contributed by atoms with Crippen molar-refractivity contribution in [1.82, 2.24) is 10.6 Å². The molecule has 1 heterocycles. The highest BCUT2D eigenvalue weighted by Gasteiger charge is 2.19. The minimum absolute atomic E-state index is 0.141. The van der Waals surface area contributed by atoms with Gasteiger partial charge in [0.25, 0.3) is 5.91 Å². The van der Waals surface area contributed by atoms with Crippen molar-refractivity contribution in [1.29, 1.82) is 0 Å². The third kappa shape index (κ3) is 2.90. The van der Waals surface area contributed by atoms with Crippen molar-refractivity contribution in [2.75, 3.05) is 20.2 Å². The Bertz CT molecular complexity index is 417. The second-order valence-electron chi connectivity index (χ2n) is 4.01. The number of methoxy groups -OCH3 is 1. The molecule has 0 bridgehead atoms. The number of amides is 1. The van der Waals surface area contributed by atoms with Gasteiger partial charge >= 0.3 is 0 Å². The number of halogens is 1. The zero-order chi connectivity index (χ0) is 12.3. The van der Waals surface area contributed by atoms with Crippen molar-refractivity contribution >= 4 is 17.5 Å². The quantitative estimate of drug-likeness (QED) is 0.858. The normalized spacial score (nSPS) is 19.1. The lowest BCUT2D eigenvalue weighted by molar-refractivity contribution is 0.0937. The Hall–Kier alpha value is -1.26. The maximum Gasteiger partial charge on any atom is 0.255 e. The smallest absolute Gasteiger partial charge is 0.255 e. The molecule has 4 nitrogen and oxygen atoms in total. The molecule has 92 valence electrons. The summed E-state index contributed by atoms with van der Waals surface area (Å²) in [5, 5.41) is 6.68. The number of nitrogens with one attached hydrogen (secondary N) is 2. The molecule has 2 N–H and O–H groups in total. The summed E-state index contributed by atoms with van der Waals surface area (Å²) in [5.41, 5.74) is 0.479. The zero-order valence-electron chi connectivity index (χ0n) is 9.63. The van der Waals surface area contributed by atoms with Crippen molar-refractivity contribution in [3.63, 3.8) is 0 Å². The number of carbonyl (C=O) groups excluding carboxylic acids is 1. The summed E-state index contributed by atoms with van der Waals surface area (Å²) in [7, 11) is 1.54. The fourth-order valence-electron chi connectivity index (χ4n) is 1.90. The third-order valence-electron chi connectivity index (χ3n) is 2.80. The van der Waals surface area contributed by atoms with Gasteiger partial charge in [-0.15, -0.1) is 0 Å². The highest BCUT2D eigenvalue weighted by Crippen LogP contribution is 2.22. The SMILES string of the molecule is COc1ccc(Cl)cc1C(=O)NC1CCNC1. The number of ether oxygens (including phenoxy) is 1. The molecule has 0 aromatic heterocycles. The molecule has 1 aliphatic heterocycles. The molecule has 1 fully saturated rings. The van der Waals surface area contributed by atoms with Crippen LogP contribution in [0.5, 0.6) is 5.75 Å². The Kier molecular flexibility index (Phi) is 3.86. The summed E-state index contributed by atoms with van der Waals surface area (Å²) in [6, 6.07) is 5.21. The van der Waals surface area contributed by atoms with E-state index in [0.29, 0.717) is 16.3 Å². The van der Waals surface area contributed by atoms with Crippen molar-refractivity contribution in [3.8, 4) is 5.75 Å². The average Bonchev–Trinajstić information content (AvgIpc) is 2.81. The van der Waals surface area contributed by atoms with E-state index in [4.69, 9.17) is 16.3 Å². The monoisotopic (exact) mass is 254 g/mol. The molecule has 1 atom stereocenters. The highest BCUT2D eigenvalue weighted by molar-refractivity contribution is 6.31. The summed E-state index contributed by atoms with van der Waals surface area (Å²) >= 11 is 5.89. The first-order valence-corrected chi connectivity index (χ1v) is 5.93. The topological polar surface area (TPSA) is 50.4 Å². The molecule has 1 aromatic rings. The van der Waals surface area contributed by atoms with Crippen LogP contribution in [0.2, 0.25) is 5.02 Å². The van der Waals surface area contributed by atoms with Gasteiger partial charge in [-0.1, -0.05) is 11.6 Å². The summed E-state index contributed by atoms with van der Waals surface area (Å²) in [4.78, 5) is 12.1. The fourth-order valence-corrected chi connectivity index (χ4v) is 2.07. The molecule has 2 rings (SSSR count). The lowest BCUT2D eigenvalue weighted by Crippen LogP contribution is -2.36. The standard InChI is InChI=1S/C12H15ClN2O2/c1-17-11-3-2-8(13)6-10(11)12(16)15-9-4-5-14-7-9/h2-3,6,9,14H,4-5,7H2,1H3,(H,15,16). The maximum atomic E-state index is 12.1.